The first kappa shape index (κ1) is 17.9. The molecule has 0 radical (unpaired) electrons. The zero-order valence-electron chi connectivity index (χ0n) is 14.6. The Labute approximate surface area is 147 Å². The Balaban J connectivity index is 1.48. The predicted octanol–water partition coefficient (Wildman–Crippen LogP) is 1.85. The van der Waals surface area contributed by atoms with Gasteiger partial charge in [0, 0.05) is 38.7 Å². The standard InChI is InChI=1S/C19H25FN2O3/c1-14(13-15-4-6-16(20)7-5-15)18(23)21-8-10-22(11-9-21)19(24)17-3-2-12-25-17/h4-7,14,17H,2-3,8-13H2,1H3. The van der Waals surface area contributed by atoms with E-state index >= 15 is 0 Å². The molecule has 2 amide bonds. The van der Waals surface area contributed by atoms with Crippen molar-refractivity contribution in [2.24, 2.45) is 5.92 Å². The highest BCUT2D eigenvalue weighted by molar-refractivity contribution is 5.82. The molecule has 3 rings (SSSR count). The molecule has 1 aromatic carbocycles. The summed E-state index contributed by atoms with van der Waals surface area (Å²) in [6.07, 6.45) is 2.04. The van der Waals surface area contributed by atoms with E-state index in [1.165, 1.54) is 12.1 Å². The Morgan fingerprint density at radius 2 is 1.80 bits per heavy atom. The molecule has 2 saturated heterocycles. The summed E-state index contributed by atoms with van der Waals surface area (Å²) in [5, 5.41) is 0. The van der Waals surface area contributed by atoms with Gasteiger partial charge in [-0.05, 0) is 37.0 Å². The van der Waals surface area contributed by atoms with Crippen LogP contribution < -0.4 is 0 Å². The molecule has 2 aliphatic heterocycles. The quantitative estimate of drug-likeness (QED) is 0.834. The highest BCUT2D eigenvalue weighted by Crippen LogP contribution is 2.17. The Morgan fingerprint density at radius 3 is 2.40 bits per heavy atom. The van der Waals surface area contributed by atoms with Crippen LogP contribution in [-0.2, 0) is 20.7 Å². The third kappa shape index (κ3) is 4.37. The van der Waals surface area contributed by atoms with Gasteiger partial charge in [0.1, 0.15) is 11.9 Å². The van der Waals surface area contributed by atoms with Crippen LogP contribution in [0.15, 0.2) is 24.3 Å². The lowest BCUT2D eigenvalue weighted by Crippen LogP contribution is -2.53. The third-order valence-corrected chi connectivity index (χ3v) is 4.98. The van der Waals surface area contributed by atoms with Gasteiger partial charge >= 0.3 is 0 Å². The fraction of sp³-hybridized carbons (Fsp3) is 0.579. The molecule has 2 heterocycles. The lowest BCUT2D eigenvalue weighted by Gasteiger charge is -2.36. The van der Waals surface area contributed by atoms with E-state index in [9.17, 15) is 14.0 Å². The molecule has 25 heavy (non-hydrogen) atoms. The van der Waals surface area contributed by atoms with Crippen molar-refractivity contribution in [1.82, 2.24) is 9.80 Å². The number of hydrogen-bond acceptors (Lipinski definition) is 3. The minimum atomic E-state index is -0.292. The fourth-order valence-electron chi connectivity index (χ4n) is 3.50. The number of benzene rings is 1. The number of halogens is 1. The summed E-state index contributed by atoms with van der Waals surface area (Å²) >= 11 is 0. The van der Waals surface area contributed by atoms with Crippen molar-refractivity contribution in [2.75, 3.05) is 32.8 Å². The van der Waals surface area contributed by atoms with Gasteiger partial charge in [-0.25, -0.2) is 4.39 Å². The zero-order chi connectivity index (χ0) is 17.8. The van der Waals surface area contributed by atoms with Gasteiger partial charge in [0.05, 0.1) is 0 Å². The molecule has 2 aliphatic rings. The van der Waals surface area contributed by atoms with Gasteiger partial charge in [-0.1, -0.05) is 19.1 Å². The van der Waals surface area contributed by atoms with Crippen LogP contribution in [0.25, 0.3) is 0 Å². The first-order valence-electron chi connectivity index (χ1n) is 8.98. The molecule has 2 fully saturated rings. The second-order valence-corrected chi connectivity index (χ2v) is 6.88. The highest BCUT2D eigenvalue weighted by Gasteiger charge is 2.32. The van der Waals surface area contributed by atoms with Gasteiger partial charge in [0.2, 0.25) is 5.91 Å². The second kappa shape index (κ2) is 7.95. The normalized spacial score (nSPS) is 22.1. The van der Waals surface area contributed by atoms with Gasteiger partial charge in [0.15, 0.2) is 0 Å². The minimum Gasteiger partial charge on any atom is -0.368 e. The number of rotatable bonds is 4. The Morgan fingerprint density at radius 1 is 1.16 bits per heavy atom. The van der Waals surface area contributed by atoms with Gasteiger partial charge in [-0.3, -0.25) is 9.59 Å². The summed E-state index contributed by atoms with van der Waals surface area (Å²) in [4.78, 5) is 28.6. The number of amides is 2. The number of piperazine rings is 1. The molecule has 136 valence electrons. The predicted molar refractivity (Wildman–Crippen MR) is 91.4 cm³/mol. The summed E-state index contributed by atoms with van der Waals surface area (Å²) in [7, 11) is 0. The molecule has 0 aromatic heterocycles. The minimum absolute atomic E-state index is 0.0592. The molecule has 5 nitrogen and oxygen atoms in total. The van der Waals surface area contributed by atoms with Crippen molar-refractivity contribution < 1.29 is 18.7 Å². The average Bonchev–Trinajstić information content (AvgIpc) is 3.17. The van der Waals surface area contributed by atoms with Crippen molar-refractivity contribution in [2.45, 2.75) is 32.3 Å². The fourth-order valence-corrected chi connectivity index (χ4v) is 3.50. The smallest absolute Gasteiger partial charge is 0.251 e. The number of nitrogens with zero attached hydrogens (tertiary/aromatic N) is 2. The van der Waals surface area contributed by atoms with Crippen LogP contribution in [-0.4, -0.2) is 60.5 Å². The van der Waals surface area contributed by atoms with E-state index in [-0.39, 0.29) is 29.7 Å². The summed E-state index contributed by atoms with van der Waals surface area (Å²) in [6.45, 7) is 4.81. The zero-order valence-corrected chi connectivity index (χ0v) is 14.6. The van der Waals surface area contributed by atoms with Crippen molar-refractivity contribution in [3.8, 4) is 0 Å². The van der Waals surface area contributed by atoms with E-state index in [0.29, 0.717) is 39.2 Å². The van der Waals surface area contributed by atoms with E-state index in [1.807, 2.05) is 16.7 Å². The number of hydrogen-bond donors (Lipinski definition) is 0. The molecular weight excluding hydrogens is 323 g/mol. The lowest BCUT2D eigenvalue weighted by atomic mass is 9.99. The monoisotopic (exact) mass is 348 g/mol. The molecule has 2 atom stereocenters. The first-order chi connectivity index (χ1) is 12.0. The van der Waals surface area contributed by atoms with Crippen LogP contribution in [0, 0.1) is 11.7 Å². The maximum atomic E-state index is 13.0. The van der Waals surface area contributed by atoms with Crippen LogP contribution >= 0.6 is 0 Å². The van der Waals surface area contributed by atoms with Crippen molar-refractivity contribution in [3.63, 3.8) is 0 Å². The number of ether oxygens (including phenoxy) is 1. The molecule has 0 spiro atoms. The topological polar surface area (TPSA) is 49.9 Å². The van der Waals surface area contributed by atoms with Crippen molar-refractivity contribution in [3.05, 3.63) is 35.6 Å². The van der Waals surface area contributed by atoms with Crippen LogP contribution in [0.5, 0.6) is 0 Å². The Kier molecular flexibility index (Phi) is 5.68. The summed E-state index contributed by atoms with van der Waals surface area (Å²) in [6, 6.07) is 6.28. The number of carbonyl (C=O) groups excluding carboxylic acids is 2. The molecule has 0 N–H and O–H groups in total. The summed E-state index contributed by atoms with van der Waals surface area (Å²) in [5.74, 6) is -0.280. The largest absolute Gasteiger partial charge is 0.368 e. The van der Waals surface area contributed by atoms with E-state index in [4.69, 9.17) is 4.74 Å². The number of carbonyl (C=O) groups is 2. The van der Waals surface area contributed by atoms with Gasteiger partial charge < -0.3 is 14.5 Å². The maximum Gasteiger partial charge on any atom is 0.251 e. The van der Waals surface area contributed by atoms with E-state index in [0.717, 1.165) is 18.4 Å². The molecule has 0 bridgehead atoms. The molecule has 2 unspecified atom stereocenters. The summed E-state index contributed by atoms with van der Waals surface area (Å²) in [5.41, 5.74) is 0.953. The van der Waals surface area contributed by atoms with E-state index in [2.05, 4.69) is 0 Å². The van der Waals surface area contributed by atoms with E-state index in [1.54, 1.807) is 12.1 Å². The summed E-state index contributed by atoms with van der Waals surface area (Å²) < 4.78 is 18.4. The molecule has 0 saturated carbocycles. The molecular formula is C19H25FN2O3. The first-order valence-corrected chi connectivity index (χ1v) is 8.98. The van der Waals surface area contributed by atoms with Crippen molar-refractivity contribution in [1.29, 1.82) is 0 Å². The van der Waals surface area contributed by atoms with Crippen LogP contribution in [0.4, 0.5) is 4.39 Å². The van der Waals surface area contributed by atoms with Crippen LogP contribution in [0.2, 0.25) is 0 Å². The molecule has 0 aliphatic carbocycles. The molecule has 6 heteroatoms. The van der Waals surface area contributed by atoms with Gasteiger partial charge in [0.25, 0.3) is 5.91 Å². The van der Waals surface area contributed by atoms with Gasteiger partial charge in [-0.15, -0.1) is 0 Å². The average molecular weight is 348 g/mol. The Hall–Kier alpha value is -1.95. The van der Waals surface area contributed by atoms with Crippen molar-refractivity contribution >= 4 is 11.8 Å². The Bertz CT molecular complexity index is 606. The SMILES string of the molecule is CC(Cc1ccc(F)cc1)C(=O)N1CCN(C(=O)C2CCCO2)CC1. The molecule has 1 aromatic rings. The second-order valence-electron chi connectivity index (χ2n) is 6.88. The third-order valence-electron chi connectivity index (χ3n) is 4.98. The maximum absolute atomic E-state index is 13.0. The van der Waals surface area contributed by atoms with Crippen LogP contribution in [0.1, 0.15) is 25.3 Å². The lowest BCUT2D eigenvalue weighted by molar-refractivity contribution is -0.147. The van der Waals surface area contributed by atoms with E-state index < -0.39 is 0 Å². The van der Waals surface area contributed by atoms with Gasteiger partial charge in [-0.2, -0.15) is 0 Å². The van der Waals surface area contributed by atoms with Crippen LogP contribution in [0.3, 0.4) is 0 Å². The highest BCUT2D eigenvalue weighted by atomic mass is 19.1.